The van der Waals surface area contributed by atoms with E-state index in [0.717, 1.165) is 0 Å². The van der Waals surface area contributed by atoms with Gasteiger partial charge in [0.05, 0.1) is 12.1 Å². The maximum absolute atomic E-state index is 14.4. The topological polar surface area (TPSA) is 87.2 Å². The van der Waals surface area contributed by atoms with Crippen molar-refractivity contribution in [2.24, 2.45) is 5.73 Å². The Hall–Kier alpha value is -3.25. The monoisotopic (exact) mass is 489 g/mol. The first-order valence-corrected chi connectivity index (χ1v) is 11.2. The molecule has 3 rings (SSSR count). The second-order valence-corrected chi connectivity index (χ2v) is 9.55. The van der Waals surface area contributed by atoms with Crippen molar-refractivity contribution in [3.8, 4) is 17.2 Å². The summed E-state index contributed by atoms with van der Waals surface area (Å²) >= 11 is 0. The summed E-state index contributed by atoms with van der Waals surface area (Å²) in [7, 11) is 0. The number of nitriles is 1. The van der Waals surface area contributed by atoms with Gasteiger partial charge in [-0.1, -0.05) is 48.5 Å². The number of alkyl halides is 4. The quantitative estimate of drug-likeness (QED) is 0.391. The maximum Gasteiger partial charge on any atom is 0.413 e. The van der Waals surface area contributed by atoms with Crippen molar-refractivity contribution < 1.29 is 27.2 Å². The second-order valence-electron chi connectivity index (χ2n) is 9.55. The number of carbonyl (C=O) groups is 2. The van der Waals surface area contributed by atoms with Gasteiger partial charge >= 0.3 is 6.18 Å². The van der Waals surface area contributed by atoms with E-state index in [0.29, 0.717) is 21.6 Å². The van der Waals surface area contributed by atoms with E-state index >= 15 is 0 Å². The van der Waals surface area contributed by atoms with Gasteiger partial charge in [-0.2, -0.15) is 18.4 Å². The Morgan fingerprint density at radius 1 is 1.09 bits per heavy atom. The predicted molar refractivity (Wildman–Crippen MR) is 123 cm³/mol. The van der Waals surface area contributed by atoms with Gasteiger partial charge in [0.1, 0.15) is 11.2 Å². The van der Waals surface area contributed by atoms with Crippen LogP contribution in [0.3, 0.4) is 0 Å². The van der Waals surface area contributed by atoms with E-state index < -0.39 is 41.8 Å². The van der Waals surface area contributed by atoms with Crippen LogP contribution in [0.15, 0.2) is 48.5 Å². The molecule has 5 nitrogen and oxygen atoms in total. The molecule has 1 aliphatic carbocycles. The molecule has 0 aromatic heterocycles. The van der Waals surface area contributed by atoms with Crippen LogP contribution in [-0.2, 0) is 4.79 Å². The summed E-state index contributed by atoms with van der Waals surface area (Å²) in [4.78, 5) is 25.6. The number of amides is 1. The first-order valence-electron chi connectivity index (χ1n) is 11.2. The molecule has 0 saturated heterocycles. The lowest BCUT2D eigenvalue weighted by Crippen LogP contribution is -2.55. The van der Waals surface area contributed by atoms with Crippen LogP contribution in [0.2, 0.25) is 0 Å². The number of rotatable bonds is 8. The molecule has 1 amide bonds. The molecule has 2 N–H and O–H groups in total. The van der Waals surface area contributed by atoms with E-state index in [1.165, 1.54) is 45.0 Å². The van der Waals surface area contributed by atoms with Gasteiger partial charge in [-0.3, -0.25) is 9.59 Å². The average Bonchev–Trinajstić information content (AvgIpc) is 3.56. The van der Waals surface area contributed by atoms with Crippen molar-refractivity contribution in [1.82, 2.24) is 4.90 Å². The van der Waals surface area contributed by atoms with Crippen LogP contribution in [0.5, 0.6) is 0 Å². The maximum atomic E-state index is 14.4. The number of nitrogens with two attached hydrogens (primary N) is 1. The zero-order valence-corrected chi connectivity index (χ0v) is 19.7. The van der Waals surface area contributed by atoms with E-state index in [9.17, 15) is 32.4 Å². The average molecular weight is 490 g/mol. The van der Waals surface area contributed by atoms with Crippen molar-refractivity contribution in [1.29, 1.82) is 5.26 Å². The zero-order valence-electron chi connectivity index (χ0n) is 19.7. The van der Waals surface area contributed by atoms with E-state index in [2.05, 4.69) is 0 Å². The molecular weight excluding hydrogens is 462 g/mol. The lowest BCUT2D eigenvalue weighted by molar-refractivity contribution is -0.198. The van der Waals surface area contributed by atoms with Crippen LogP contribution in [0.1, 0.15) is 62.0 Å². The minimum atomic E-state index is -4.92. The molecule has 0 unspecified atom stereocenters. The molecule has 2 atom stereocenters. The molecule has 2 aromatic carbocycles. The van der Waals surface area contributed by atoms with Crippen LogP contribution < -0.4 is 5.73 Å². The van der Waals surface area contributed by atoms with Crippen molar-refractivity contribution >= 4 is 11.7 Å². The summed E-state index contributed by atoms with van der Waals surface area (Å²) in [6, 6.07) is 9.91. The summed E-state index contributed by atoms with van der Waals surface area (Å²) in [5, 5.41) is 9.67. The molecule has 1 aliphatic rings. The van der Waals surface area contributed by atoms with Gasteiger partial charge in [-0.15, -0.1) is 0 Å². The molecule has 2 aromatic rings. The largest absolute Gasteiger partial charge is 0.413 e. The van der Waals surface area contributed by atoms with E-state index in [4.69, 9.17) is 5.73 Å². The highest BCUT2D eigenvalue weighted by atomic mass is 19.4. The molecule has 0 spiro atoms. The number of hydrogen-bond acceptors (Lipinski definition) is 4. The van der Waals surface area contributed by atoms with Crippen LogP contribution >= 0.6 is 0 Å². The fraction of sp³-hybridized carbons (Fsp3) is 0.423. The first kappa shape index (κ1) is 26.4. The molecule has 186 valence electrons. The van der Waals surface area contributed by atoms with E-state index in [1.807, 2.05) is 6.07 Å². The third kappa shape index (κ3) is 5.70. The van der Waals surface area contributed by atoms with Gasteiger partial charge in [0.2, 0.25) is 5.91 Å². The van der Waals surface area contributed by atoms with Gasteiger partial charge < -0.3 is 10.6 Å². The minimum absolute atomic E-state index is 0.0671. The van der Waals surface area contributed by atoms with Crippen LogP contribution in [0.25, 0.3) is 11.1 Å². The van der Waals surface area contributed by atoms with Gasteiger partial charge in [-0.25, -0.2) is 4.39 Å². The molecule has 35 heavy (non-hydrogen) atoms. The Balaban J connectivity index is 2.07. The van der Waals surface area contributed by atoms with Crippen molar-refractivity contribution in [3.63, 3.8) is 0 Å². The lowest BCUT2D eigenvalue weighted by atomic mass is 9.93. The normalized spacial score (nSPS) is 16.7. The first-order chi connectivity index (χ1) is 16.2. The number of benzene rings is 2. The third-order valence-electron chi connectivity index (χ3n) is 6.06. The number of Topliss-reactive ketones (excluding diaryl/α,β-unsaturated/α-hetero) is 1. The number of nitrogens with zero attached hydrogens (tertiary/aromatic N) is 2. The van der Waals surface area contributed by atoms with Crippen LogP contribution in [-0.4, -0.2) is 40.0 Å². The third-order valence-corrected chi connectivity index (χ3v) is 6.06. The Kier molecular flexibility index (Phi) is 7.09. The lowest BCUT2D eigenvalue weighted by Gasteiger charge is -2.38. The molecule has 9 heteroatoms. The molecule has 0 radical (unpaired) electrons. The van der Waals surface area contributed by atoms with Crippen molar-refractivity contribution in [2.45, 2.75) is 69.5 Å². The predicted octanol–water partition coefficient (Wildman–Crippen LogP) is 5.51. The highest BCUT2D eigenvalue weighted by Crippen LogP contribution is 2.50. The van der Waals surface area contributed by atoms with Gasteiger partial charge in [-0.05, 0) is 50.3 Å². The SMILES string of the molecule is CC(=O)c1ccccc1-c1ccc([C@H](N(C(=O)[C@@H](N)CC(C)(C)F)C2(C#N)CC2)C(F)(F)F)cc1. The summed E-state index contributed by atoms with van der Waals surface area (Å²) in [5.74, 6) is -1.31. The highest BCUT2D eigenvalue weighted by Gasteiger charge is 2.60. The smallest absolute Gasteiger partial charge is 0.320 e. The van der Waals surface area contributed by atoms with Crippen LogP contribution in [0, 0.1) is 11.3 Å². The number of halogens is 4. The second kappa shape index (κ2) is 9.42. The minimum Gasteiger partial charge on any atom is -0.320 e. The van der Waals surface area contributed by atoms with E-state index in [-0.39, 0.29) is 24.2 Å². The van der Waals surface area contributed by atoms with Crippen LogP contribution in [0.4, 0.5) is 17.6 Å². The van der Waals surface area contributed by atoms with Crippen molar-refractivity contribution in [3.05, 3.63) is 59.7 Å². The molecular formula is C26H27F4N3O2. The fourth-order valence-corrected chi connectivity index (χ4v) is 4.27. The highest BCUT2D eigenvalue weighted by molar-refractivity contribution is 6.00. The zero-order chi connectivity index (χ0) is 26.2. The molecule has 0 aliphatic heterocycles. The molecule has 0 bridgehead atoms. The molecule has 1 fully saturated rings. The fourth-order valence-electron chi connectivity index (χ4n) is 4.27. The summed E-state index contributed by atoms with van der Waals surface area (Å²) in [6.45, 7) is 3.76. The van der Waals surface area contributed by atoms with Gasteiger partial charge in [0.15, 0.2) is 11.8 Å². The van der Waals surface area contributed by atoms with Gasteiger partial charge in [0, 0.05) is 12.0 Å². The molecule has 1 saturated carbocycles. The standard InChI is InChI=1S/C26H27F4N3O2/c1-16(34)19-6-4-5-7-20(19)17-8-10-18(11-9-17)22(26(28,29)30)33(25(15-31)12-13-25)23(35)21(32)14-24(2,3)27/h4-11,21-22H,12-14,32H2,1-3H3/t21-,22-/m0/s1. The molecule has 0 heterocycles. The number of hydrogen-bond donors (Lipinski definition) is 1. The van der Waals surface area contributed by atoms with Crippen molar-refractivity contribution in [2.75, 3.05) is 0 Å². The number of ketones is 1. The van der Waals surface area contributed by atoms with Gasteiger partial charge in [0.25, 0.3) is 0 Å². The number of carbonyl (C=O) groups excluding carboxylic acids is 2. The Bertz CT molecular complexity index is 1140. The summed E-state index contributed by atoms with van der Waals surface area (Å²) in [5.41, 5.74) is 3.55. The Labute approximate surface area is 201 Å². The Morgan fingerprint density at radius 2 is 1.66 bits per heavy atom. The Morgan fingerprint density at radius 3 is 2.11 bits per heavy atom. The summed E-state index contributed by atoms with van der Waals surface area (Å²) in [6.07, 6.45) is -5.28. The van der Waals surface area contributed by atoms with E-state index in [1.54, 1.807) is 24.3 Å². The summed E-state index contributed by atoms with van der Waals surface area (Å²) < 4.78 is 57.5.